The molecule has 2 aromatic carbocycles. The van der Waals surface area contributed by atoms with Crippen LogP contribution in [0.3, 0.4) is 0 Å². The number of rotatable bonds is 4. The van der Waals surface area contributed by atoms with E-state index in [1.165, 1.54) is 18.0 Å². The number of anilines is 1. The lowest BCUT2D eigenvalue weighted by Crippen LogP contribution is -2.27. The van der Waals surface area contributed by atoms with Gasteiger partial charge in [0.1, 0.15) is 17.2 Å². The second-order valence-corrected chi connectivity index (χ2v) is 7.10. The summed E-state index contributed by atoms with van der Waals surface area (Å²) in [7, 11) is 1.53. The number of carbonyl (C=O) groups excluding carboxylic acids is 2. The molecule has 5 nitrogen and oxygen atoms in total. The number of hydrogen-bond donors (Lipinski definition) is 1. The highest BCUT2D eigenvalue weighted by atomic mass is 19.1. The zero-order valence-corrected chi connectivity index (χ0v) is 15.7. The summed E-state index contributed by atoms with van der Waals surface area (Å²) in [5.41, 5.74) is 0.455. The lowest BCUT2D eigenvalue weighted by molar-refractivity contribution is 0.0635. The molecule has 0 unspecified atom stereocenters. The van der Waals surface area contributed by atoms with Gasteiger partial charge in [-0.1, -0.05) is 6.07 Å². The summed E-state index contributed by atoms with van der Waals surface area (Å²) < 4.78 is 31.9. The van der Waals surface area contributed by atoms with Crippen LogP contribution in [0, 0.1) is 11.6 Å². The van der Waals surface area contributed by atoms with E-state index < -0.39 is 23.3 Å². The number of nitrogens with zero attached hydrogens (tertiary/aromatic N) is 1. The first-order valence-corrected chi connectivity index (χ1v) is 8.34. The molecule has 0 atom stereocenters. The van der Waals surface area contributed by atoms with Gasteiger partial charge >= 0.3 is 6.09 Å². The first kappa shape index (κ1) is 20.4. The zero-order valence-electron chi connectivity index (χ0n) is 15.7. The van der Waals surface area contributed by atoms with Crippen molar-refractivity contribution in [1.29, 1.82) is 0 Å². The van der Waals surface area contributed by atoms with Crippen LogP contribution in [-0.2, 0) is 11.3 Å². The first-order chi connectivity index (χ1) is 12.5. The molecular formula is C20H22F2N2O3. The van der Waals surface area contributed by atoms with E-state index in [0.717, 1.165) is 12.1 Å². The molecule has 0 saturated carbocycles. The zero-order chi connectivity index (χ0) is 20.2. The predicted octanol–water partition coefficient (Wildman–Crippen LogP) is 4.58. The maximum atomic E-state index is 13.7. The maximum Gasteiger partial charge on any atom is 0.412 e. The summed E-state index contributed by atoms with van der Waals surface area (Å²) >= 11 is 0. The standard InChI is InChI=1S/C20H22F2N2O3/c1-20(2,3)27-19(26)23-16-9-6-13(7-10-16)18(25)24(4)12-14-5-8-15(21)11-17(14)22/h5-11H,12H2,1-4H3,(H,23,26). The van der Waals surface area contributed by atoms with Crippen molar-refractivity contribution in [1.82, 2.24) is 4.90 Å². The minimum absolute atomic E-state index is 0.00283. The van der Waals surface area contributed by atoms with E-state index in [9.17, 15) is 18.4 Å². The molecule has 1 N–H and O–H groups in total. The fourth-order valence-electron chi connectivity index (χ4n) is 2.32. The lowest BCUT2D eigenvalue weighted by Gasteiger charge is -2.20. The lowest BCUT2D eigenvalue weighted by atomic mass is 10.1. The van der Waals surface area contributed by atoms with E-state index in [-0.39, 0.29) is 18.0 Å². The van der Waals surface area contributed by atoms with Crippen LogP contribution in [0.5, 0.6) is 0 Å². The minimum Gasteiger partial charge on any atom is -0.444 e. The Morgan fingerprint density at radius 3 is 2.26 bits per heavy atom. The molecule has 0 spiro atoms. The normalized spacial score (nSPS) is 11.0. The Bertz CT molecular complexity index is 830. The van der Waals surface area contributed by atoms with Gasteiger partial charge in [-0.25, -0.2) is 13.6 Å². The van der Waals surface area contributed by atoms with E-state index in [4.69, 9.17) is 4.74 Å². The molecule has 2 rings (SSSR count). The average Bonchev–Trinajstić information content (AvgIpc) is 2.55. The van der Waals surface area contributed by atoms with Gasteiger partial charge < -0.3 is 9.64 Å². The summed E-state index contributed by atoms with van der Waals surface area (Å²) in [6.45, 7) is 5.28. The van der Waals surface area contributed by atoms with Crippen molar-refractivity contribution in [2.24, 2.45) is 0 Å². The van der Waals surface area contributed by atoms with Crippen LogP contribution in [0.15, 0.2) is 42.5 Å². The fraction of sp³-hybridized carbons (Fsp3) is 0.300. The molecule has 7 heteroatoms. The average molecular weight is 376 g/mol. The van der Waals surface area contributed by atoms with E-state index in [2.05, 4.69) is 5.32 Å². The third-order valence-corrected chi connectivity index (χ3v) is 3.55. The van der Waals surface area contributed by atoms with Gasteiger partial charge in [0, 0.05) is 36.5 Å². The Morgan fingerprint density at radius 1 is 1.07 bits per heavy atom. The van der Waals surface area contributed by atoms with Crippen molar-refractivity contribution in [3.8, 4) is 0 Å². The molecule has 27 heavy (non-hydrogen) atoms. The van der Waals surface area contributed by atoms with Crippen molar-refractivity contribution in [3.63, 3.8) is 0 Å². The Morgan fingerprint density at radius 2 is 1.70 bits per heavy atom. The van der Waals surface area contributed by atoms with Gasteiger partial charge in [0.05, 0.1) is 0 Å². The number of ether oxygens (including phenoxy) is 1. The third kappa shape index (κ3) is 6.06. The molecule has 0 aromatic heterocycles. The molecule has 0 fully saturated rings. The van der Waals surface area contributed by atoms with Crippen LogP contribution < -0.4 is 5.32 Å². The summed E-state index contributed by atoms with van der Waals surface area (Å²) in [6.07, 6.45) is -0.592. The molecule has 0 saturated heterocycles. The first-order valence-electron chi connectivity index (χ1n) is 8.34. The molecule has 0 bridgehead atoms. The van der Waals surface area contributed by atoms with Crippen LogP contribution >= 0.6 is 0 Å². The van der Waals surface area contributed by atoms with Crippen molar-refractivity contribution in [2.45, 2.75) is 32.9 Å². The molecule has 2 aromatic rings. The highest BCUT2D eigenvalue weighted by Gasteiger charge is 2.17. The highest BCUT2D eigenvalue weighted by molar-refractivity contribution is 5.95. The van der Waals surface area contributed by atoms with Gasteiger partial charge in [0.15, 0.2) is 0 Å². The van der Waals surface area contributed by atoms with E-state index in [0.29, 0.717) is 11.3 Å². The quantitative estimate of drug-likeness (QED) is 0.849. The number of halogens is 2. The number of amides is 2. The molecule has 0 heterocycles. The molecule has 0 aliphatic rings. The minimum atomic E-state index is -0.702. The van der Waals surface area contributed by atoms with Crippen molar-refractivity contribution >= 4 is 17.7 Å². The van der Waals surface area contributed by atoms with Gasteiger partial charge in [0.25, 0.3) is 5.91 Å². The van der Waals surface area contributed by atoms with E-state index >= 15 is 0 Å². The summed E-state index contributed by atoms with van der Waals surface area (Å²) in [5, 5.41) is 2.58. The van der Waals surface area contributed by atoms with Crippen LogP contribution in [0.4, 0.5) is 19.3 Å². The van der Waals surface area contributed by atoms with Crippen molar-refractivity contribution in [2.75, 3.05) is 12.4 Å². The Labute approximate surface area is 156 Å². The summed E-state index contributed by atoms with van der Waals surface area (Å²) in [4.78, 5) is 25.5. The van der Waals surface area contributed by atoms with Gasteiger partial charge in [0.2, 0.25) is 0 Å². The Kier molecular flexibility index (Phi) is 6.15. The van der Waals surface area contributed by atoms with Gasteiger partial charge in [-0.2, -0.15) is 0 Å². The molecule has 0 radical (unpaired) electrons. The summed E-state index contributed by atoms with van der Waals surface area (Å²) in [5.74, 6) is -1.70. The number of benzene rings is 2. The third-order valence-electron chi connectivity index (χ3n) is 3.55. The second-order valence-electron chi connectivity index (χ2n) is 7.10. The number of carbonyl (C=O) groups is 2. The van der Waals surface area contributed by atoms with E-state index in [1.54, 1.807) is 45.0 Å². The molecule has 0 aliphatic carbocycles. The van der Waals surface area contributed by atoms with Crippen molar-refractivity contribution in [3.05, 3.63) is 65.2 Å². The van der Waals surface area contributed by atoms with Gasteiger partial charge in [-0.05, 0) is 51.1 Å². The van der Waals surface area contributed by atoms with Crippen LogP contribution in [0.25, 0.3) is 0 Å². The number of hydrogen-bond acceptors (Lipinski definition) is 3. The monoisotopic (exact) mass is 376 g/mol. The smallest absolute Gasteiger partial charge is 0.412 e. The Hall–Kier alpha value is -2.96. The number of nitrogens with one attached hydrogen (secondary N) is 1. The maximum absolute atomic E-state index is 13.7. The van der Waals surface area contributed by atoms with Crippen molar-refractivity contribution < 1.29 is 23.1 Å². The molecule has 2 amide bonds. The largest absolute Gasteiger partial charge is 0.444 e. The molecule has 144 valence electrons. The van der Waals surface area contributed by atoms with Gasteiger partial charge in [-0.3, -0.25) is 10.1 Å². The molecule has 0 aliphatic heterocycles. The molecular weight excluding hydrogens is 354 g/mol. The van der Waals surface area contributed by atoms with Crippen LogP contribution in [0.2, 0.25) is 0 Å². The topological polar surface area (TPSA) is 58.6 Å². The predicted molar refractivity (Wildman–Crippen MR) is 98.5 cm³/mol. The SMILES string of the molecule is CN(Cc1ccc(F)cc1F)C(=O)c1ccc(NC(=O)OC(C)(C)C)cc1. The fourth-order valence-corrected chi connectivity index (χ4v) is 2.32. The van der Waals surface area contributed by atoms with E-state index in [1.807, 2.05) is 0 Å². The Balaban J connectivity index is 2.01. The van der Waals surface area contributed by atoms with Crippen LogP contribution in [0.1, 0.15) is 36.7 Å². The summed E-state index contributed by atoms with van der Waals surface area (Å²) in [6, 6.07) is 9.48. The van der Waals surface area contributed by atoms with Gasteiger partial charge in [-0.15, -0.1) is 0 Å². The highest BCUT2D eigenvalue weighted by Crippen LogP contribution is 2.16. The second kappa shape index (κ2) is 8.16. The van der Waals surface area contributed by atoms with Crippen LogP contribution in [-0.4, -0.2) is 29.5 Å².